The van der Waals surface area contributed by atoms with Crippen molar-refractivity contribution in [2.45, 2.75) is 13.5 Å². The predicted molar refractivity (Wildman–Crippen MR) is 104 cm³/mol. The summed E-state index contributed by atoms with van der Waals surface area (Å²) in [6, 6.07) is 17.1. The SMILES string of the molecule is Cc1ccccc1N1C(=O)c2ccc(C(=O)OCc3cccc(F)c3)cc2C1=O. The number of imide groups is 1. The number of ether oxygens (including phenoxy) is 1. The number of para-hydroxylation sites is 1. The van der Waals surface area contributed by atoms with Gasteiger partial charge in [0.25, 0.3) is 11.8 Å². The Morgan fingerprint density at radius 1 is 0.931 bits per heavy atom. The third kappa shape index (κ3) is 3.40. The fourth-order valence-corrected chi connectivity index (χ4v) is 3.26. The second-order valence-electron chi connectivity index (χ2n) is 6.70. The molecule has 0 unspecified atom stereocenters. The largest absolute Gasteiger partial charge is 0.457 e. The number of amides is 2. The van der Waals surface area contributed by atoms with Crippen molar-refractivity contribution < 1.29 is 23.5 Å². The number of carbonyl (C=O) groups is 3. The lowest BCUT2D eigenvalue weighted by Crippen LogP contribution is -2.29. The van der Waals surface area contributed by atoms with Crippen LogP contribution >= 0.6 is 0 Å². The number of aryl methyl sites for hydroxylation is 1. The van der Waals surface area contributed by atoms with Crippen molar-refractivity contribution >= 4 is 23.5 Å². The van der Waals surface area contributed by atoms with Crippen LogP contribution in [0.5, 0.6) is 0 Å². The number of hydrogen-bond donors (Lipinski definition) is 0. The van der Waals surface area contributed by atoms with Gasteiger partial charge in [-0.1, -0.05) is 30.3 Å². The molecule has 0 aromatic heterocycles. The summed E-state index contributed by atoms with van der Waals surface area (Å²) in [5.74, 6) is -2.00. The van der Waals surface area contributed by atoms with Crippen molar-refractivity contribution in [1.82, 2.24) is 0 Å². The first-order chi connectivity index (χ1) is 14.0. The molecule has 0 saturated heterocycles. The van der Waals surface area contributed by atoms with Crippen molar-refractivity contribution in [3.05, 3.63) is 100 Å². The number of fused-ring (bicyclic) bond motifs is 1. The summed E-state index contributed by atoms with van der Waals surface area (Å²) < 4.78 is 18.4. The van der Waals surface area contributed by atoms with Crippen molar-refractivity contribution in [2.75, 3.05) is 4.90 Å². The average molecular weight is 389 g/mol. The molecular weight excluding hydrogens is 373 g/mol. The number of hydrogen-bond acceptors (Lipinski definition) is 4. The molecule has 3 aromatic carbocycles. The molecule has 5 nitrogen and oxygen atoms in total. The molecule has 6 heteroatoms. The van der Waals surface area contributed by atoms with Crippen molar-refractivity contribution in [3.63, 3.8) is 0 Å². The molecule has 0 fully saturated rings. The summed E-state index contributed by atoms with van der Waals surface area (Å²) in [5, 5.41) is 0. The normalized spacial score (nSPS) is 12.8. The number of esters is 1. The minimum atomic E-state index is -0.661. The van der Waals surface area contributed by atoms with E-state index in [1.165, 1.54) is 36.4 Å². The molecule has 3 aromatic rings. The Morgan fingerprint density at radius 2 is 1.69 bits per heavy atom. The van der Waals surface area contributed by atoms with E-state index in [-0.39, 0.29) is 23.3 Å². The van der Waals surface area contributed by atoms with Gasteiger partial charge < -0.3 is 4.74 Å². The minimum Gasteiger partial charge on any atom is -0.457 e. The molecule has 0 saturated carbocycles. The van der Waals surface area contributed by atoms with E-state index >= 15 is 0 Å². The van der Waals surface area contributed by atoms with Gasteiger partial charge in [-0.15, -0.1) is 0 Å². The fourth-order valence-electron chi connectivity index (χ4n) is 3.26. The van der Waals surface area contributed by atoms with Gasteiger partial charge in [-0.2, -0.15) is 0 Å². The highest BCUT2D eigenvalue weighted by molar-refractivity contribution is 6.34. The first kappa shape index (κ1) is 18.6. The van der Waals surface area contributed by atoms with E-state index in [4.69, 9.17) is 4.74 Å². The first-order valence-corrected chi connectivity index (χ1v) is 8.96. The predicted octanol–water partition coefficient (Wildman–Crippen LogP) is 4.29. The van der Waals surface area contributed by atoms with Crippen LogP contribution in [0, 0.1) is 12.7 Å². The Hall–Kier alpha value is -3.80. The van der Waals surface area contributed by atoms with Crippen LogP contribution < -0.4 is 4.90 Å². The summed E-state index contributed by atoms with van der Waals surface area (Å²) in [4.78, 5) is 39.1. The number of benzene rings is 3. The van der Waals surface area contributed by atoms with Gasteiger partial charge in [0.2, 0.25) is 0 Å². The van der Waals surface area contributed by atoms with Gasteiger partial charge in [0.15, 0.2) is 0 Å². The highest BCUT2D eigenvalue weighted by Gasteiger charge is 2.37. The van der Waals surface area contributed by atoms with E-state index in [0.717, 1.165) is 10.5 Å². The van der Waals surface area contributed by atoms with Crippen molar-refractivity contribution in [2.24, 2.45) is 0 Å². The first-order valence-electron chi connectivity index (χ1n) is 8.96. The standard InChI is InChI=1S/C23H16FNO4/c1-14-5-2-3-8-20(14)25-21(26)18-10-9-16(12-19(18)22(25)27)23(28)29-13-15-6-4-7-17(24)11-15/h2-12H,13H2,1H3. The molecule has 29 heavy (non-hydrogen) atoms. The molecule has 0 radical (unpaired) electrons. The second kappa shape index (κ2) is 7.31. The van der Waals surface area contributed by atoms with E-state index in [1.54, 1.807) is 18.2 Å². The number of anilines is 1. The van der Waals surface area contributed by atoms with Gasteiger partial charge in [0, 0.05) is 0 Å². The Bertz CT molecular complexity index is 1160. The van der Waals surface area contributed by atoms with Crippen LogP contribution in [0.4, 0.5) is 10.1 Å². The van der Waals surface area contributed by atoms with Crippen molar-refractivity contribution in [1.29, 1.82) is 0 Å². The zero-order valence-electron chi connectivity index (χ0n) is 15.5. The van der Waals surface area contributed by atoms with Crippen molar-refractivity contribution in [3.8, 4) is 0 Å². The molecule has 1 heterocycles. The van der Waals surface area contributed by atoms with Gasteiger partial charge in [0.1, 0.15) is 12.4 Å². The van der Waals surface area contributed by atoms with Gasteiger partial charge in [-0.3, -0.25) is 9.59 Å². The van der Waals surface area contributed by atoms with Gasteiger partial charge >= 0.3 is 5.97 Å². The molecule has 144 valence electrons. The molecular formula is C23H16FNO4. The highest BCUT2D eigenvalue weighted by atomic mass is 19.1. The Labute approximate surface area is 166 Å². The van der Waals surface area contributed by atoms with Crippen LogP contribution in [-0.2, 0) is 11.3 Å². The lowest BCUT2D eigenvalue weighted by Gasteiger charge is -2.16. The van der Waals surface area contributed by atoms with Crippen LogP contribution in [0.15, 0.2) is 66.7 Å². The van der Waals surface area contributed by atoms with E-state index in [9.17, 15) is 18.8 Å². The van der Waals surface area contributed by atoms with Crippen LogP contribution in [0.1, 0.15) is 42.2 Å². The molecule has 2 amide bonds. The summed E-state index contributed by atoms with van der Waals surface area (Å²) in [6.45, 7) is 1.71. The van der Waals surface area contributed by atoms with Crippen LogP contribution in [0.25, 0.3) is 0 Å². The number of nitrogens with zero attached hydrogens (tertiary/aromatic N) is 1. The maximum absolute atomic E-state index is 13.2. The maximum Gasteiger partial charge on any atom is 0.338 e. The third-order valence-electron chi connectivity index (χ3n) is 4.74. The Balaban J connectivity index is 1.57. The summed E-state index contributed by atoms with van der Waals surface area (Å²) in [6.07, 6.45) is 0. The summed E-state index contributed by atoms with van der Waals surface area (Å²) >= 11 is 0. The molecule has 1 aliphatic rings. The van der Waals surface area contributed by atoms with E-state index < -0.39 is 23.6 Å². The fraction of sp³-hybridized carbons (Fsp3) is 0.0870. The van der Waals surface area contributed by atoms with E-state index in [0.29, 0.717) is 11.3 Å². The molecule has 0 atom stereocenters. The Kier molecular flexibility index (Phi) is 4.68. The second-order valence-corrected chi connectivity index (χ2v) is 6.70. The smallest absolute Gasteiger partial charge is 0.338 e. The number of carbonyl (C=O) groups excluding carboxylic acids is 3. The zero-order valence-corrected chi connectivity index (χ0v) is 15.5. The summed E-state index contributed by atoms with van der Waals surface area (Å²) in [5.41, 5.74) is 2.34. The monoisotopic (exact) mass is 389 g/mol. The van der Waals surface area contributed by atoms with Gasteiger partial charge in [-0.25, -0.2) is 14.1 Å². The Morgan fingerprint density at radius 3 is 2.45 bits per heavy atom. The summed E-state index contributed by atoms with van der Waals surface area (Å²) in [7, 11) is 0. The lowest BCUT2D eigenvalue weighted by atomic mass is 10.1. The lowest BCUT2D eigenvalue weighted by molar-refractivity contribution is 0.0472. The topological polar surface area (TPSA) is 63.7 Å². The quantitative estimate of drug-likeness (QED) is 0.493. The minimum absolute atomic E-state index is 0.101. The zero-order chi connectivity index (χ0) is 20.5. The van der Waals surface area contributed by atoms with Gasteiger partial charge in [0.05, 0.1) is 22.4 Å². The van der Waals surface area contributed by atoms with Gasteiger partial charge in [-0.05, 0) is 54.4 Å². The van der Waals surface area contributed by atoms with E-state index in [1.807, 2.05) is 19.1 Å². The van der Waals surface area contributed by atoms with Crippen LogP contribution in [0.2, 0.25) is 0 Å². The number of halogens is 1. The molecule has 0 bridgehead atoms. The third-order valence-corrected chi connectivity index (χ3v) is 4.74. The molecule has 1 aliphatic heterocycles. The molecule has 0 N–H and O–H groups in total. The van der Waals surface area contributed by atoms with Crippen LogP contribution in [-0.4, -0.2) is 17.8 Å². The number of rotatable bonds is 4. The molecule has 0 aliphatic carbocycles. The molecule has 4 rings (SSSR count). The average Bonchev–Trinajstić information content (AvgIpc) is 2.96. The molecule has 0 spiro atoms. The maximum atomic E-state index is 13.2. The van der Waals surface area contributed by atoms with Crippen LogP contribution in [0.3, 0.4) is 0 Å². The van der Waals surface area contributed by atoms with E-state index in [2.05, 4.69) is 0 Å². The highest BCUT2D eigenvalue weighted by Crippen LogP contribution is 2.31.